The predicted octanol–water partition coefficient (Wildman–Crippen LogP) is 3.22. The van der Waals surface area contributed by atoms with Crippen molar-refractivity contribution >= 4 is 23.6 Å². The van der Waals surface area contributed by atoms with Crippen LogP contribution in [0.1, 0.15) is 44.0 Å². The fourth-order valence-corrected chi connectivity index (χ4v) is 4.81. The van der Waals surface area contributed by atoms with Gasteiger partial charge in [0.1, 0.15) is 11.4 Å². The predicted molar refractivity (Wildman–Crippen MR) is 111 cm³/mol. The molecule has 1 saturated heterocycles. The minimum absolute atomic E-state index is 0.0508. The molecule has 1 aromatic carbocycles. The minimum atomic E-state index is -0.427. The number of benzene rings is 1. The van der Waals surface area contributed by atoms with Gasteiger partial charge in [0.25, 0.3) is 0 Å². The summed E-state index contributed by atoms with van der Waals surface area (Å²) in [5.41, 5.74) is 0.953. The normalized spacial score (nSPS) is 21.7. The Morgan fingerprint density at radius 3 is 2.54 bits per heavy atom. The second-order valence-corrected chi connectivity index (χ2v) is 8.92. The molecule has 1 N–H and O–H groups in total. The molecule has 1 aliphatic carbocycles. The number of carbonyl (C=O) groups excluding carboxylic acids is 2. The second kappa shape index (κ2) is 9.07. The summed E-state index contributed by atoms with van der Waals surface area (Å²) >= 11 is 1.63. The third kappa shape index (κ3) is 4.57. The Bertz CT molecular complexity index is 720. The highest BCUT2D eigenvalue weighted by molar-refractivity contribution is 7.99. The molecule has 2 atom stereocenters. The molecule has 2 aliphatic rings. The summed E-state index contributed by atoms with van der Waals surface area (Å²) in [6.07, 6.45) is 2.77. The van der Waals surface area contributed by atoms with E-state index in [1.807, 2.05) is 18.2 Å². The number of thioether (sulfide) groups is 1. The van der Waals surface area contributed by atoms with E-state index in [-0.39, 0.29) is 23.1 Å². The van der Waals surface area contributed by atoms with Crippen molar-refractivity contribution in [2.24, 2.45) is 11.8 Å². The van der Waals surface area contributed by atoms with Crippen molar-refractivity contribution in [1.82, 2.24) is 10.2 Å². The summed E-state index contributed by atoms with van der Waals surface area (Å²) in [4.78, 5) is 27.7. The number of methoxy groups -OCH3 is 2. The number of carbonyl (C=O) groups is 2. The summed E-state index contributed by atoms with van der Waals surface area (Å²) in [6, 6.07) is 5.28. The number of rotatable bonds is 8. The lowest BCUT2D eigenvalue weighted by molar-refractivity contribution is -0.140. The van der Waals surface area contributed by atoms with Crippen LogP contribution in [0.25, 0.3) is 0 Å². The third-order valence-corrected chi connectivity index (χ3v) is 6.52. The van der Waals surface area contributed by atoms with Crippen molar-refractivity contribution in [3.63, 3.8) is 0 Å². The van der Waals surface area contributed by atoms with Gasteiger partial charge in [-0.25, -0.2) is 0 Å². The van der Waals surface area contributed by atoms with Crippen LogP contribution < -0.4 is 14.8 Å². The lowest BCUT2D eigenvalue weighted by Crippen LogP contribution is -2.48. The fraction of sp³-hybridized carbons (Fsp3) is 0.619. The van der Waals surface area contributed by atoms with E-state index in [4.69, 9.17) is 9.47 Å². The molecule has 0 unspecified atom stereocenters. The van der Waals surface area contributed by atoms with Gasteiger partial charge in [0.2, 0.25) is 11.8 Å². The Morgan fingerprint density at radius 1 is 1.21 bits per heavy atom. The summed E-state index contributed by atoms with van der Waals surface area (Å²) in [5.74, 6) is 2.51. The zero-order chi connectivity index (χ0) is 20.3. The van der Waals surface area contributed by atoms with Crippen LogP contribution in [-0.2, 0) is 9.59 Å². The molecule has 1 aliphatic heterocycles. The van der Waals surface area contributed by atoms with Gasteiger partial charge in [0, 0.05) is 18.2 Å². The van der Waals surface area contributed by atoms with Crippen LogP contribution in [0.2, 0.25) is 0 Å². The molecule has 2 fully saturated rings. The van der Waals surface area contributed by atoms with Gasteiger partial charge >= 0.3 is 0 Å². The van der Waals surface area contributed by atoms with Crippen LogP contribution in [0.15, 0.2) is 18.2 Å². The van der Waals surface area contributed by atoms with E-state index in [9.17, 15) is 9.59 Å². The van der Waals surface area contributed by atoms with Gasteiger partial charge in [-0.1, -0.05) is 19.9 Å². The van der Waals surface area contributed by atoms with E-state index in [1.165, 1.54) is 0 Å². The van der Waals surface area contributed by atoms with E-state index in [1.54, 1.807) is 30.9 Å². The first-order valence-corrected chi connectivity index (χ1v) is 10.9. The Hall–Kier alpha value is -1.89. The molecular weight excluding hydrogens is 376 g/mol. The summed E-state index contributed by atoms with van der Waals surface area (Å²) in [7, 11) is 3.20. The molecule has 7 heteroatoms. The fourth-order valence-electron chi connectivity index (χ4n) is 3.38. The number of amides is 2. The Morgan fingerprint density at radius 2 is 1.93 bits per heavy atom. The average Bonchev–Trinajstić information content (AvgIpc) is 3.44. The zero-order valence-corrected chi connectivity index (χ0v) is 17.9. The molecule has 0 bridgehead atoms. The monoisotopic (exact) mass is 406 g/mol. The average molecular weight is 407 g/mol. The van der Waals surface area contributed by atoms with Crippen molar-refractivity contribution in [3.8, 4) is 11.5 Å². The van der Waals surface area contributed by atoms with Crippen molar-refractivity contribution in [2.45, 2.75) is 44.5 Å². The lowest BCUT2D eigenvalue weighted by Gasteiger charge is -2.29. The number of nitrogens with zero attached hydrogens (tertiary/aromatic N) is 1. The molecule has 154 valence electrons. The second-order valence-electron chi connectivity index (χ2n) is 7.81. The minimum Gasteiger partial charge on any atom is -0.493 e. The van der Waals surface area contributed by atoms with Crippen LogP contribution in [0.5, 0.6) is 11.5 Å². The molecule has 0 radical (unpaired) electrons. The standard InChI is InChI=1S/C21H30N2O4S/c1-13(2)9-10-22-19(24)16-12-28-21(23(16)20(25)14-5-6-14)15-7-8-17(26-3)18(11-15)27-4/h7-8,11,13-14,16,21H,5-6,9-10,12H2,1-4H3,(H,22,24)/t16-,21-/m0/s1. The molecule has 1 saturated carbocycles. The molecular formula is C21H30N2O4S. The maximum absolute atomic E-state index is 13.0. The Kier molecular flexibility index (Phi) is 6.75. The Balaban J connectivity index is 1.81. The van der Waals surface area contributed by atoms with Crippen LogP contribution in [-0.4, -0.2) is 49.3 Å². The van der Waals surface area contributed by atoms with E-state index < -0.39 is 6.04 Å². The topological polar surface area (TPSA) is 67.9 Å². The van der Waals surface area contributed by atoms with Crippen LogP contribution in [0, 0.1) is 11.8 Å². The van der Waals surface area contributed by atoms with Gasteiger partial charge in [0.15, 0.2) is 11.5 Å². The smallest absolute Gasteiger partial charge is 0.243 e. The van der Waals surface area contributed by atoms with Crippen molar-refractivity contribution < 1.29 is 19.1 Å². The van der Waals surface area contributed by atoms with Crippen LogP contribution in [0.4, 0.5) is 0 Å². The molecule has 0 aromatic heterocycles. The zero-order valence-electron chi connectivity index (χ0n) is 17.1. The van der Waals surface area contributed by atoms with E-state index in [0.717, 1.165) is 24.8 Å². The van der Waals surface area contributed by atoms with Gasteiger partial charge < -0.3 is 19.7 Å². The van der Waals surface area contributed by atoms with E-state index >= 15 is 0 Å². The summed E-state index contributed by atoms with van der Waals surface area (Å²) in [5, 5.41) is 2.84. The highest BCUT2D eigenvalue weighted by atomic mass is 32.2. The first-order chi connectivity index (χ1) is 13.5. The van der Waals surface area contributed by atoms with Gasteiger partial charge in [-0.2, -0.15) is 0 Å². The molecule has 1 aromatic rings. The van der Waals surface area contributed by atoms with Crippen LogP contribution >= 0.6 is 11.8 Å². The number of ether oxygens (including phenoxy) is 2. The van der Waals surface area contributed by atoms with Crippen LogP contribution in [0.3, 0.4) is 0 Å². The quantitative estimate of drug-likeness (QED) is 0.718. The molecule has 28 heavy (non-hydrogen) atoms. The molecule has 6 nitrogen and oxygen atoms in total. The van der Waals surface area contributed by atoms with Gasteiger partial charge in [0.05, 0.1) is 14.2 Å². The summed E-state index contributed by atoms with van der Waals surface area (Å²) in [6.45, 7) is 4.91. The first-order valence-electron chi connectivity index (χ1n) is 9.89. The van der Waals surface area contributed by atoms with Gasteiger partial charge in [-0.15, -0.1) is 11.8 Å². The first kappa shape index (κ1) is 20.8. The largest absolute Gasteiger partial charge is 0.493 e. The third-order valence-electron chi connectivity index (χ3n) is 5.20. The van der Waals surface area contributed by atoms with Crippen molar-refractivity contribution in [2.75, 3.05) is 26.5 Å². The Labute approximate surface area is 171 Å². The molecule has 1 heterocycles. The molecule has 0 spiro atoms. The molecule has 2 amide bonds. The number of nitrogens with one attached hydrogen (secondary N) is 1. The van der Waals surface area contributed by atoms with Crippen molar-refractivity contribution in [3.05, 3.63) is 23.8 Å². The van der Waals surface area contributed by atoms with E-state index in [2.05, 4.69) is 19.2 Å². The molecule has 3 rings (SSSR count). The maximum Gasteiger partial charge on any atom is 0.243 e. The van der Waals surface area contributed by atoms with Crippen molar-refractivity contribution in [1.29, 1.82) is 0 Å². The SMILES string of the molecule is COc1ccc([C@@H]2SC[C@@H](C(=O)NCCC(C)C)N2C(=O)C2CC2)cc1OC. The number of hydrogen-bond acceptors (Lipinski definition) is 5. The highest BCUT2D eigenvalue weighted by Gasteiger charge is 2.46. The highest BCUT2D eigenvalue weighted by Crippen LogP contribution is 2.46. The number of hydrogen-bond donors (Lipinski definition) is 1. The van der Waals surface area contributed by atoms with Gasteiger partial charge in [-0.05, 0) is 42.9 Å². The van der Waals surface area contributed by atoms with E-state index in [0.29, 0.717) is 29.7 Å². The lowest BCUT2D eigenvalue weighted by atomic mass is 10.1. The maximum atomic E-state index is 13.0. The summed E-state index contributed by atoms with van der Waals surface area (Å²) < 4.78 is 10.7. The van der Waals surface area contributed by atoms with Gasteiger partial charge in [-0.3, -0.25) is 9.59 Å².